The Morgan fingerprint density at radius 3 is 2.67 bits per heavy atom. The molecule has 0 spiro atoms. The maximum Gasteiger partial charge on any atom is 0.0345 e. The smallest absolute Gasteiger partial charge is 0.0345 e. The topological polar surface area (TPSA) is 0 Å². The van der Waals surface area contributed by atoms with Gasteiger partial charge in [0, 0.05) is 10.1 Å². The highest BCUT2D eigenvalue weighted by atomic mass is 32.2. The zero-order chi connectivity index (χ0) is 12.2. The van der Waals surface area contributed by atoms with Gasteiger partial charge < -0.3 is 0 Å². The van der Waals surface area contributed by atoms with Gasteiger partial charge >= 0.3 is 0 Å². The van der Waals surface area contributed by atoms with Crippen LogP contribution in [-0.4, -0.2) is 11.0 Å². The maximum absolute atomic E-state index is 2.47. The van der Waals surface area contributed by atoms with Crippen LogP contribution in [0.4, 0.5) is 0 Å². The molecule has 0 nitrogen and oxygen atoms in total. The normalized spacial score (nSPS) is 20.2. The van der Waals surface area contributed by atoms with Gasteiger partial charge in [-0.25, -0.2) is 0 Å². The van der Waals surface area contributed by atoms with Gasteiger partial charge in [-0.15, -0.1) is 11.3 Å². The lowest BCUT2D eigenvalue weighted by molar-refractivity contribution is 0.882. The van der Waals surface area contributed by atoms with Crippen molar-refractivity contribution in [3.63, 3.8) is 0 Å². The van der Waals surface area contributed by atoms with E-state index in [2.05, 4.69) is 65.7 Å². The Kier molecular flexibility index (Phi) is 3.87. The van der Waals surface area contributed by atoms with Crippen molar-refractivity contribution < 1.29 is 0 Å². The van der Waals surface area contributed by atoms with Gasteiger partial charge in [0.2, 0.25) is 0 Å². The van der Waals surface area contributed by atoms with Gasteiger partial charge in [-0.3, -0.25) is 0 Å². The molecule has 1 aliphatic rings. The summed E-state index contributed by atoms with van der Waals surface area (Å²) in [5.41, 5.74) is 2.75. The average Bonchev–Trinajstić information content (AvgIpc) is 3.10. The van der Waals surface area contributed by atoms with Gasteiger partial charge in [-0.05, 0) is 41.2 Å². The Bertz CT molecular complexity index is 505. The van der Waals surface area contributed by atoms with E-state index in [1.54, 1.807) is 0 Å². The second-order valence-electron chi connectivity index (χ2n) is 4.48. The van der Waals surface area contributed by atoms with Gasteiger partial charge in [0.15, 0.2) is 0 Å². The second kappa shape index (κ2) is 5.77. The molecule has 2 heterocycles. The summed E-state index contributed by atoms with van der Waals surface area (Å²) in [4.78, 5) is 1.38. The van der Waals surface area contributed by atoms with Gasteiger partial charge in [0.25, 0.3) is 0 Å². The summed E-state index contributed by atoms with van der Waals surface area (Å²) < 4.78 is 0. The minimum absolute atomic E-state index is 0.697. The summed E-state index contributed by atoms with van der Waals surface area (Å²) in [5, 5.41) is 2.86. The molecule has 0 amide bonds. The fourth-order valence-corrected chi connectivity index (χ4v) is 4.27. The van der Waals surface area contributed by atoms with E-state index >= 15 is 0 Å². The van der Waals surface area contributed by atoms with Crippen LogP contribution in [0.1, 0.15) is 23.3 Å². The van der Waals surface area contributed by atoms with Crippen LogP contribution in [0.25, 0.3) is 5.57 Å². The van der Waals surface area contributed by atoms with E-state index in [1.165, 1.54) is 34.6 Å². The molecule has 18 heavy (non-hydrogen) atoms. The third-order valence-corrected chi connectivity index (χ3v) is 5.42. The number of hydrogen-bond acceptors (Lipinski definition) is 2. The van der Waals surface area contributed by atoms with Crippen LogP contribution < -0.4 is 0 Å². The molecule has 1 atom stereocenters. The van der Waals surface area contributed by atoms with Gasteiger partial charge in [-0.1, -0.05) is 42.5 Å². The molecular formula is C16H16S2. The summed E-state index contributed by atoms with van der Waals surface area (Å²) in [5.74, 6) is 1.31. The minimum atomic E-state index is 0.697. The Morgan fingerprint density at radius 2 is 2.00 bits per heavy atom. The molecule has 3 rings (SSSR count). The fourth-order valence-electron chi connectivity index (χ4n) is 2.29. The average molecular weight is 272 g/mol. The van der Waals surface area contributed by atoms with Crippen molar-refractivity contribution in [3.8, 4) is 0 Å². The predicted octanol–water partition coefficient (Wildman–Crippen LogP) is 5.08. The molecule has 1 aromatic carbocycles. The molecule has 2 aromatic rings. The second-order valence-corrected chi connectivity index (χ2v) is 6.77. The SMILES string of the molecule is C(=C(/c1ccccc1)c1cccs1)/C1CCCS1. The van der Waals surface area contributed by atoms with Crippen molar-refractivity contribution in [2.24, 2.45) is 0 Å². The summed E-state index contributed by atoms with van der Waals surface area (Å²) >= 11 is 3.92. The van der Waals surface area contributed by atoms with Crippen LogP contribution in [0.3, 0.4) is 0 Å². The van der Waals surface area contributed by atoms with E-state index in [9.17, 15) is 0 Å². The molecule has 1 saturated heterocycles. The summed E-state index contributed by atoms with van der Waals surface area (Å²) in [6, 6.07) is 15.1. The van der Waals surface area contributed by atoms with Crippen LogP contribution in [0, 0.1) is 0 Å². The third-order valence-electron chi connectivity index (χ3n) is 3.19. The number of rotatable bonds is 3. The van der Waals surface area contributed by atoms with Crippen molar-refractivity contribution in [3.05, 3.63) is 64.4 Å². The quantitative estimate of drug-likeness (QED) is 0.751. The molecule has 0 radical (unpaired) electrons. The van der Waals surface area contributed by atoms with Crippen LogP contribution in [0.5, 0.6) is 0 Å². The molecule has 1 unspecified atom stereocenters. The number of hydrogen-bond donors (Lipinski definition) is 0. The highest BCUT2D eigenvalue weighted by Gasteiger charge is 2.15. The predicted molar refractivity (Wildman–Crippen MR) is 83.3 cm³/mol. The first kappa shape index (κ1) is 12.1. The molecule has 2 heteroatoms. The van der Waals surface area contributed by atoms with E-state index in [-0.39, 0.29) is 0 Å². The molecule has 0 saturated carbocycles. The van der Waals surface area contributed by atoms with E-state index in [0.29, 0.717) is 5.25 Å². The van der Waals surface area contributed by atoms with Gasteiger partial charge in [-0.2, -0.15) is 11.8 Å². The largest absolute Gasteiger partial charge is 0.154 e. The summed E-state index contributed by atoms with van der Waals surface area (Å²) in [6.45, 7) is 0. The third kappa shape index (κ3) is 2.70. The zero-order valence-electron chi connectivity index (χ0n) is 10.2. The molecule has 1 fully saturated rings. The first-order chi connectivity index (χ1) is 8.93. The molecule has 1 aromatic heterocycles. The monoisotopic (exact) mass is 272 g/mol. The Hall–Kier alpha value is -0.990. The van der Waals surface area contributed by atoms with Crippen LogP contribution in [0.15, 0.2) is 53.9 Å². The Balaban J connectivity index is 1.98. The minimum Gasteiger partial charge on any atom is -0.154 e. The van der Waals surface area contributed by atoms with Crippen molar-refractivity contribution in [1.82, 2.24) is 0 Å². The summed E-state index contributed by atoms with van der Waals surface area (Å²) in [7, 11) is 0. The lowest BCUT2D eigenvalue weighted by Gasteiger charge is -2.09. The Morgan fingerprint density at radius 1 is 1.11 bits per heavy atom. The first-order valence-corrected chi connectivity index (χ1v) is 8.29. The number of thiophene rings is 1. The number of benzene rings is 1. The fraction of sp³-hybridized carbons (Fsp3) is 0.250. The van der Waals surface area contributed by atoms with E-state index in [1.807, 2.05) is 11.3 Å². The summed E-state index contributed by atoms with van der Waals surface area (Å²) in [6.07, 6.45) is 5.16. The molecule has 0 aliphatic carbocycles. The maximum atomic E-state index is 2.47. The molecule has 1 aliphatic heterocycles. The van der Waals surface area contributed by atoms with Crippen LogP contribution in [0.2, 0.25) is 0 Å². The van der Waals surface area contributed by atoms with E-state index < -0.39 is 0 Å². The highest BCUT2D eigenvalue weighted by molar-refractivity contribution is 8.00. The van der Waals surface area contributed by atoms with Crippen molar-refractivity contribution in [2.45, 2.75) is 18.1 Å². The van der Waals surface area contributed by atoms with Crippen molar-refractivity contribution in [2.75, 3.05) is 5.75 Å². The first-order valence-electron chi connectivity index (χ1n) is 6.36. The van der Waals surface area contributed by atoms with Crippen molar-refractivity contribution in [1.29, 1.82) is 0 Å². The van der Waals surface area contributed by atoms with Crippen LogP contribution >= 0.6 is 23.1 Å². The Labute approximate surface area is 117 Å². The highest BCUT2D eigenvalue weighted by Crippen LogP contribution is 2.33. The molecule has 92 valence electrons. The van der Waals surface area contributed by atoms with Crippen molar-refractivity contribution >= 4 is 28.7 Å². The lowest BCUT2D eigenvalue weighted by Crippen LogP contribution is -1.94. The number of thioether (sulfide) groups is 1. The molecular weight excluding hydrogens is 256 g/mol. The van der Waals surface area contributed by atoms with E-state index in [0.717, 1.165) is 0 Å². The zero-order valence-corrected chi connectivity index (χ0v) is 11.8. The standard InChI is InChI=1S/C16H16S2/c1-2-6-13(7-3-1)15(16-9-5-11-18-16)12-14-8-4-10-17-14/h1-3,5-7,9,11-12,14H,4,8,10H2/b15-12+. The molecule has 0 N–H and O–H groups in total. The van der Waals surface area contributed by atoms with Gasteiger partial charge in [0.1, 0.15) is 0 Å². The van der Waals surface area contributed by atoms with Gasteiger partial charge in [0.05, 0.1) is 0 Å². The lowest BCUT2D eigenvalue weighted by atomic mass is 10.0. The van der Waals surface area contributed by atoms with Crippen LogP contribution in [-0.2, 0) is 0 Å². The van der Waals surface area contributed by atoms with E-state index in [4.69, 9.17) is 0 Å². The molecule has 0 bridgehead atoms.